The van der Waals surface area contributed by atoms with Gasteiger partial charge in [0.2, 0.25) is 5.91 Å². The molecule has 2 atom stereocenters. The minimum Gasteiger partial charge on any atom is -0.393 e. The number of hydrogen-bond acceptors (Lipinski definition) is 3. The molecule has 1 fully saturated rings. The van der Waals surface area contributed by atoms with Gasteiger partial charge in [-0.1, -0.05) is 6.07 Å². The van der Waals surface area contributed by atoms with Crippen LogP contribution in [0.25, 0.3) is 0 Å². The number of nitrogens with one attached hydrogen (secondary N) is 1. The zero-order valence-electron chi connectivity index (χ0n) is 12.6. The number of halogens is 1. The number of carbonyl (C=O) groups is 1. The number of anilines is 1. The molecule has 0 radical (unpaired) electrons. The van der Waals surface area contributed by atoms with Crippen LogP contribution in [0.4, 0.5) is 10.1 Å². The number of aliphatic hydroxyl groups is 1. The normalized spacial score (nSPS) is 20.5. The second-order valence-corrected chi connectivity index (χ2v) is 5.86. The molecule has 2 N–H and O–H groups in total. The average Bonchev–Trinajstić information content (AvgIpc) is 2.80. The van der Waals surface area contributed by atoms with E-state index in [9.17, 15) is 14.3 Å². The minimum atomic E-state index is -0.357. The van der Waals surface area contributed by atoms with Crippen molar-refractivity contribution >= 4 is 11.6 Å². The van der Waals surface area contributed by atoms with Crippen molar-refractivity contribution < 1.29 is 14.3 Å². The van der Waals surface area contributed by atoms with Gasteiger partial charge in [0.25, 0.3) is 0 Å². The number of likely N-dealkylation sites (tertiary alicyclic amines) is 1. The van der Waals surface area contributed by atoms with Gasteiger partial charge in [0.05, 0.1) is 12.6 Å². The van der Waals surface area contributed by atoms with Crippen molar-refractivity contribution in [3.05, 3.63) is 29.6 Å². The SMILES string of the molecule is Cc1ccc(NC(=O)CN2CCCC2CC(C)O)cc1F. The van der Waals surface area contributed by atoms with Gasteiger partial charge >= 0.3 is 0 Å². The van der Waals surface area contributed by atoms with Crippen molar-refractivity contribution in [3.8, 4) is 0 Å². The summed E-state index contributed by atoms with van der Waals surface area (Å²) in [5.41, 5.74) is 1.04. The molecule has 2 rings (SSSR count). The Hall–Kier alpha value is -1.46. The van der Waals surface area contributed by atoms with Crippen LogP contribution in [0.3, 0.4) is 0 Å². The Kier molecular flexibility index (Phi) is 5.31. The van der Waals surface area contributed by atoms with Crippen molar-refractivity contribution in [2.24, 2.45) is 0 Å². The van der Waals surface area contributed by atoms with Crippen molar-refractivity contribution in [1.29, 1.82) is 0 Å². The van der Waals surface area contributed by atoms with Gasteiger partial charge in [-0.25, -0.2) is 4.39 Å². The first kappa shape index (κ1) is 15.9. The topological polar surface area (TPSA) is 52.6 Å². The van der Waals surface area contributed by atoms with Gasteiger partial charge in [0.15, 0.2) is 0 Å². The van der Waals surface area contributed by atoms with Crippen molar-refractivity contribution in [2.45, 2.75) is 45.3 Å². The van der Waals surface area contributed by atoms with E-state index < -0.39 is 0 Å². The lowest BCUT2D eigenvalue weighted by Gasteiger charge is -2.24. The van der Waals surface area contributed by atoms with Gasteiger partial charge in [0, 0.05) is 11.7 Å². The van der Waals surface area contributed by atoms with E-state index in [1.807, 2.05) is 0 Å². The molecule has 1 heterocycles. The van der Waals surface area contributed by atoms with Crippen molar-refractivity contribution in [1.82, 2.24) is 4.90 Å². The molecule has 1 amide bonds. The van der Waals surface area contributed by atoms with Crippen molar-refractivity contribution in [2.75, 3.05) is 18.4 Å². The molecule has 1 aromatic rings. The van der Waals surface area contributed by atoms with E-state index in [2.05, 4.69) is 10.2 Å². The van der Waals surface area contributed by atoms with Crippen molar-refractivity contribution in [3.63, 3.8) is 0 Å². The summed E-state index contributed by atoms with van der Waals surface area (Å²) in [7, 11) is 0. The minimum absolute atomic E-state index is 0.143. The summed E-state index contributed by atoms with van der Waals surface area (Å²) >= 11 is 0. The molecule has 0 aliphatic carbocycles. The van der Waals surface area contributed by atoms with E-state index >= 15 is 0 Å². The molecule has 5 heteroatoms. The lowest BCUT2D eigenvalue weighted by Crippen LogP contribution is -2.38. The van der Waals surface area contributed by atoms with E-state index in [1.54, 1.807) is 26.0 Å². The molecule has 2 unspecified atom stereocenters. The smallest absolute Gasteiger partial charge is 0.238 e. The Balaban J connectivity index is 1.90. The molecular weight excluding hydrogens is 271 g/mol. The summed E-state index contributed by atoms with van der Waals surface area (Å²) in [4.78, 5) is 14.1. The second kappa shape index (κ2) is 7.00. The van der Waals surface area contributed by atoms with Gasteiger partial charge in [-0.15, -0.1) is 0 Å². The number of nitrogens with zero attached hydrogens (tertiary/aromatic N) is 1. The van der Waals surface area contributed by atoms with Crippen LogP contribution in [0.2, 0.25) is 0 Å². The third-order valence-corrected chi connectivity index (χ3v) is 3.91. The Morgan fingerprint density at radius 3 is 3.00 bits per heavy atom. The van der Waals surface area contributed by atoms with Crippen LogP contribution in [0.1, 0.15) is 31.7 Å². The molecule has 21 heavy (non-hydrogen) atoms. The highest BCUT2D eigenvalue weighted by molar-refractivity contribution is 5.92. The van der Waals surface area contributed by atoms with E-state index in [0.29, 0.717) is 17.7 Å². The van der Waals surface area contributed by atoms with Crippen LogP contribution in [0, 0.1) is 12.7 Å². The summed E-state index contributed by atoms with van der Waals surface area (Å²) in [5.74, 6) is -0.461. The van der Waals surface area contributed by atoms with E-state index in [0.717, 1.165) is 19.4 Å². The number of carbonyl (C=O) groups excluding carboxylic acids is 1. The highest BCUT2D eigenvalue weighted by Gasteiger charge is 2.27. The number of amides is 1. The van der Waals surface area contributed by atoms with Crippen LogP contribution >= 0.6 is 0 Å². The Labute approximate surface area is 125 Å². The maximum atomic E-state index is 13.5. The number of aliphatic hydroxyl groups excluding tert-OH is 1. The number of rotatable bonds is 5. The quantitative estimate of drug-likeness (QED) is 0.876. The third kappa shape index (κ3) is 4.51. The van der Waals surface area contributed by atoms with Gasteiger partial charge in [0.1, 0.15) is 5.82 Å². The summed E-state index contributed by atoms with van der Waals surface area (Å²) in [5, 5.41) is 12.2. The first-order valence-corrected chi connectivity index (χ1v) is 7.44. The first-order valence-electron chi connectivity index (χ1n) is 7.44. The van der Waals surface area contributed by atoms with Gasteiger partial charge < -0.3 is 10.4 Å². The van der Waals surface area contributed by atoms with Crippen LogP contribution < -0.4 is 5.32 Å². The third-order valence-electron chi connectivity index (χ3n) is 3.91. The van der Waals surface area contributed by atoms with Crippen LogP contribution in [0.5, 0.6) is 0 Å². The Morgan fingerprint density at radius 1 is 1.57 bits per heavy atom. The van der Waals surface area contributed by atoms with Crippen LogP contribution in [-0.2, 0) is 4.79 Å². The molecule has 116 valence electrons. The zero-order chi connectivity index (χ0) is 15.4. The van der Waals surface area contributed by atoms with Gasteiger partial charge in [-0.2, -0.15) is 0 Å². The molecule has 1 aromatic carbocycles. The molecule has 0 aromatic heterocycles. The molecule has 4 nitrogen and oxygen atoms in total. The predicted molar refractivity (Wildman–Crippen MR) is 80.7 cm³/mol. The molecule has 1 aliphatic heterocycles. The maximum Gasteiger partial charge on any atom is 0.238 e. The number of aryl methyl sites for hydroxylation is 1. The molecule has 0 bridgehead atoms. The Bertz CT molecular complexity index is 505. The Morgan fingerprint density at radius 2 is 2.33 bits per heavy atom. The highest BCUT2D eigenvalue weighted by Crippen LogP contribution is 2.21. The fourth-order valence-electron chi connectivity index (χ4n) is 2.82. The van der Waals surface area contributed by atoms with E-state index in [1.165, 1.54) is 6.07 Å². The molecular formula is C16H23FN2O2. The molecule has 1 aliphatic rings. The highest BCUT2D eigenvalue weighted by atomic mass is 19.1. The fraction of sp³-hybridized carbons (Fsp3) is 0.562. The lowest BCUT2D eigenvalue weighted by atomic mass is 10.1. The summed E-state index contributed by atoms with van der Waals surface area (Å²) < 4.78 is 13.5. The standard InChI is InChI=1S/C16H23FN2O2/c1-11-5-6-13(9-15(11)17)18-16(21)10-19-7-3-4-14(19)8-12(2)20/h5-6,9,12,14,20H,3-4,7-8,10H2,1-2H3,(H,18,21). The number of benzene rings is 1. The van der Waals surface area contributed by atoms with E-state index in [-0.39, 0.29) is 30.4 Å². The second-order valence-electron chi connectivity index (χ2n) is 5.86. The van der Waals surface area contributed by atoms with Crippen LogP contribution in [0.15, 0.2) is 18.2 Å². The molecule has 0 spiro atoms. The monoisotopic (exact) mass is 294 g/mol. The summed E-state index contributed by atoms with van der Waals surface area (Å²) in [6.45, 7) is 4.61. The fourth-order valence-corrected chi connectivity index (χ4v) is 2.82. The number of hydrogen-bond donors (Lipinski definition) is 2. The summed E-state index contributed by atoms with van der Waals surface area (Å²) in [6.07, 6.45) is 2.39. The van der Waals surface area contributed by atoms with Crippen LogP contribution in [-0.4, -0.2) is 41.1 Å². The average molecular weight is 294 g/mol. The van der Waals surface area contributed by atoms with Gasteiger partial charge in [-0.05, 0) is 57.4 Å². The predicted octanol–water partition coefficient (Wildman–Crippen LogP) is 2.31. The molecule has 0 saturated carbocycles. The van der Waals surface area contributed by atoms with Gasteiger partial charge in [-0.3, -0.25) is 9.69 Å². The first-order chi connectivity index (χ1) is 9.95. The largest absolute Gasteiger partial charge is 0.393 e. The van der Waals surface area contributed by atoms with E-state index in [4.69, 9.17) is 0 Å². The zero-order valence-corrected chi connectivity index (χ0v) is 12.6. The maximum absolute atomic E-state index is 13.5. The lowest BCUT2D eigenvalue weighted by molar-refractivity contribution is -0.117. The summed E-state index contributed by atoms with van der Waals surface area (Å²) in [6, 6.07) is 4.94. The molecule has 1 saturated heterocycles.